The van der Waals surface area contributed by atoms with E-state index < -0.39 is 9.84 Å². The summed E-state index contributed by atoms with van der Waals surface area (Å²) in [7, 11) is -0.745. The molecule has 2 rings (SSSR count). The third-order valence-corrected chi connectivity index (χ3v) is 4.84. The number of rotatable bonds is 1. The van der Waals surface area contributed by atoms with Gasteiger partial charge >= 0.3 is 0 Å². The molecule has 2 heterocycles. The molecule has 2 aliphatic heterocycles. The Morgan fingerprint density at radius 3 is 2.60 bits per heavy atom. The zero-order valence-corrected chi connectivity index (χ0v) is 9.89. The van der Waals surface area contributed by atoms with Gasteiger partial charge in [-0.2, -0.15) is 0 Å². The molecule has 5 nitrogen and oxygen atoms in total. The molecule has 0 aromatic rings. The van der Waals surface area contributed by atoms with Crippen molar-refractivity contribution in [3.63, 3.8) is 0 Å². The van der Waals surface area contributed by atoms with Crippen LogP contribution in [0.5, 0.6) is 0 Å². The van der Waals surface area contributed by atoms with E-state index in [0.717, 1.165) is 19.6 Å². The van der Waals surface area contributed by atoms with Crippen molar-refractivity contribution in [2.24, 2.45) is 0 Å². The molecular formula is C9H19N3O2S. The van der Waals surface area contributed by atoms with Crippen LogP contribution in [0.3, 0.4) is 0 Å². The minimum Gasteiger partial charge on any atom is -0.310 e. The Kier molecular flexibility index (Phi) is 3.30. The van der Waals surface area contributed by atoms with Crippen molar-refractivity contribution in [2.75, 3.05) is 44.7 Å². The lowest BCUT2D eigenvalue weighted by Gasteiger charge is -2.37. The molecule has 2 saturated heterocycles. The second kappa shape index (κ2) is 4.37. The summed E-state index contributed by atoms with van der Waals surface area (Å²) in [5.74, 6) is 0.560. The average molecular weight is 233 g/mol. The summed E-state index contributed by atoms with van der Waals surface area (Å²) in [4.78, 5) is 2.24. The standard InChI is InChI=1S/C9H19N3O2S/c1-12-4-2-10-8(6-12)9-7-15(13,14)5-3-11-9/h8-11H,2-7H2,1H3. The van der Waals surface area contributed by atoms with Crippen molar-refractivity contribution in [2.45, 2.75) is 12.1 Å². The third-order valence-electron chi connectivity index (χ3n) is 3.15. The van der Waals surface area contributed by atoms with E-state index in [0.29, 0.717) is 6.54 Å². The van der Waals surface area contributed by atoms with Crippen LogP contribution in [0.15, 0.2) is 0 Å². The Hall–Kier alpha value is -0.170. The molecule has 0 saturated carbocycles. The van der Waals surface area contributed by atoms with Crippen molar-refractivity contribution in [3.05, 3.63) is 0 Å². The number of nitrogens with one attached hydrogen (secondary N) is 2. The van der Waals surface area contributed by atoms with Gasteiger partial charge < -0.3 is 15.5 Å². The van der Waals surface area contributed by atoms with Gasteiger partial charge in [-0.25, -0.2) is 8.42 Å². The highest BCUT2D eigenvalue weighted by Crippen LogP contribution is 2.08. The Morgan fingerprint density at radius 2 is 1.93 bits per heavy atom. The second-order valence-corrected chi connectivity index (χ2v) is 6.73. The summed E-state index contributed by atoms with van der Waals surface area (Å²) in [6.07, 6.45) is 0. The lowest BCUT2D eigenvalue weighted by molar-refractivity contribution is 0.211. The van der Waals surface area contributed by atoms with Crippen LogP contribution in [0.1, 0.15) is 0 Å². The molecular weight excluding hydrogens is 214 g/mol. The van der Waals surface area contributed by atoms with E-state index in [4.69, 9.17) is 0 Å². The maximum absolute atomic E-state index is 11.5. The summed E-state index contributed by atoms with van der Waals surface area (Å²) >= 11 is 0. The van der Waals surface area contributed by atoms with Crippen LogP contribution in [-0.2, 0) is 9.84 Å². The topological polar surface area (TPSA) is 61.4 Å². The third kappa shape index (κ3) is 2.90. The molecule has 0 amide bonds. The van der Waals surface area contributed by atoms with Gasteiger partial charge in [0.05, 0.1) is 11.5 Å². The first-order valence-corrected chi connectivity index (χ1v) is 7.25. The number of sulfone groups is 1. The minimum atomic E-state index is -2.82. The van der Waals surface area contributed by atoms with E-state index >= 15 is 0 Å². The Morgan fingerprint density at radius 1 is 1.20 bits per heavy atom. The first-order chi connectivity index (χ1) is 7.07. The van der Waals surface area contributed by atoms with Crippen molar-refractivity contribution in [1.29, 1.82) is 0 Å². The molecule has 0 radical (unpaired) electrons. The first kappa shape index (κ1) is 11.3. The van der Waals surface area contributed by atoms with Gasteiger partial charge in [0.25, 0.3) is 0 Å². The molecule has 2 fully saturated rings. The van der Waals surface area contributed by atoms with Gasteiger partial charge in [0.15, 0.2) is 9.84 Å². The number of hydrogen-bond donors (Lipinski definition) is 2. The van der Waals surface area contributed by atoms with Gasteiger partial charge in [-0.15, -0.1) is 0 Å². The average Bonchev–Trinajstić information content (AvgIpc) is 2.16. The lowest BCUT2D eigenvalue weighted by Crippen LogP contribution is -2.62. The molecule has 2 atom stereocenters. The van der Waals surface area contributed by atoms with Crippen molar-refractivity contribution >= 4 is 9.84 Å². The molecule has 2 aliphatic rings. The van der Waals surface area contributed by atoms with E-state index in [2.05, 4.69) is 22.6 Å². The number of likely N-dealkylation sites (N-methyl/N-ethyl adjacent to an activating group) is 1. The molecule has 0 spiro atoms. The van der Waals surface area contributed by atoms with E-state index in [1.807, 2.05) is 0 Å². The molecule has 0 aliphatic carbocycles. The van der Waals surface area contributed by atoms with Gasteiger partial charge in [-0.1, -0.05) is 0 Å². The molecule has 2 N–H and O–H groups in total. The lowest BCUT2D eigenvalue weighted by atomic mass is 10.1. The molecule has 0 aromatic heterocycles. The van der Waals surface area contributed by atoms with E-state index in [9.17, 15) is 8.42 Å². The van der Waals surface area contributed by atoms with E-state index in [1.54, 1.807) is 0 Å². The zero-order valence-electron chi connectivity index (χ0n) is 9.07. The predicted molar refractivity (Wildman–Crippen MR) is 59.7 cm³/mol. The predicted octanol–water partition coefficient (Wildman–Crippen LogP) is -1.72. The number of hydrogen-bond acceptors (Lipinski definition) is 5. The maximum atomic E-state index is 11.5. The van der Waals surface area contributed by atoms with Gasteiger partial charge in [0.2, 0.25) is 0 Å². The largest absolute Gasteiger partial charge is 0.310 e. The van der Waals surface area contributed by atoms with Gasteiger partial charge in [0.1, 0.15) is 0 Å². The van der Waals surface area contributed by atoms with Gasteiger partial charge in [-0.05, 0) is 7.05 Å². The number of nitrogens with zero attached hydrogens (tertiary/aromatic N) is 1. The van der Waals surface area contributed by atoms with Crippen LogP contribution in [0, 0.1) is 0 Å². The molecule has 0 bridgehead atoms. The summed E-state index contributed by atoms with van der Waals surface area (Å²) < 4.78 is 23.0. The molecule has 6 heteroatoms. The Balaban J connectivity index is 1.97. The monoisotopic (exact) mass is 233 g/mol. The normalized spacial score (nSPS) is 37.7. The fourth-order valence-corrected chi connectivity index (χ4v) is 3.77. The summed E-state index contributed by atoms with van der Waals surface area (Å²) in [5.41, 5.74) is 0. The Bertz CT molecular complexity index is 317. The quantitative estimate of drug-likeness (QED) is 0.564. The van der Waals surface area contributed by atoms with Crippen molar-refractivity contribution < 1.29 is 8.42 Å². The minimum absolute atomic E-state index is 0.0755. The van der Waals surface area contributed by atoms with E-state index in [1.165, 1.54) is 0 Å². The Labute approximate surface area is 91.1 Å². The summed E-state index contributed by atoms with van der Waals surface area (Å²) in [6, 6.07) is 0.338. The van der Waals surface area contributed by atoms with Crippen LogP contribution in [0.4, 0.5) is 0 Å². The van der Waals surface area contributed by atoms with Crippen molar-refractivity contribution in [3.8, 4) is 0 Å². The SMILES string of the molecule is CN1CCNC(C2CS(=O)(=O)CCN2)C1. The fourth-order valence-electron chi connectivity index (χ4n) is 2.28. The summed E-state index contributed by atoms with van der Waals surface area (Å²) in [6.45, 7) is 3.50. The van der Waals surface area contributed by atoms with Crippen LogP contribution in [-0.4, -0.2) is 70.1 Å². The molecule has 0 aromatic carbocycles. The van der Waals surface area contributed by atoms with Crippen LogP contribution in [0.2, 0.25) is 0 Å². The second-order valence-electron chi connectivity index (χ2n) is 4.50. The summed E-state index contributed by atoms with van der Waals surface area (Å²) in [5, 5.41) is 6.69. The van der Waals surface area contributed by atoms with Crippen LogP contribution in [0.25, 0.3) is 0 Å². The number of piperazine rings is 1. The van der Waals surface area contributed by atoms with Crippen LogP contribution < -0.4 is 10.6 Å². The van der Waals surface area contributed by atoms with Crippen molar-refractivity contribution in [1.82, 2.24) is 15.5 Å². The molecule has 2 unspecified atom stereocenters. The fraction of sp³-hybridized carbons (Fsp3) is 1.00. The maximum Gasteiger partial charge on any atom is 0.153 e. The highest BCUT2D eigenvalue weighted by molar-refractivity contribution is 7.91. The van der Waals surface area contributed by atoms with Gasteiger partial charge in [0, 0.05) is 38.3 Å². The zero-order chi connectivity index (χ0) is 10.9. The highest BCUT2D eigenvalue weighted by Gasteiger charge is 2.32. The molecule has 88 valence electrons. The van der Waals surface area contributed by atoms with Crippen LogP contribution >= 0.6 is 0 Å². The smallest absolute Gasteiger partial charge is 0.153 e. The van der Waals surface area contributed by atoms with Gasteiger partial charge in [-0.3, -0.25) is 0 Å². The van der Waals surface area contributed by atoms with E-state index in [-0.39, 0.29) is 23.6 Å². The first-order valence-electron chi connectivity index (χ1n) is 5.42. The molecule has 15 heavy (non-hydrogen) atoms. The highest BCUT2D eigenvalue weighted by atomic mass is 32.2.